The van der Waals surface area contributed by atoms with Gasteiger partial charge >= 0.3 is 0 Å². The fourth-order valence-electron chi connectivity index (χ4n) is 5.81. The summed E-state index contributed by atoms with van der Waals surface area (Å²) >= 11 is 0. The molecule has 11 nitrogen and oxygen atoms in total. The molecule has 13 heteroatoms. The van der Waals surface area contributed by atoms with Gasteiger partial charge in [-0.1, -0.05) is 6.07 Å². The highest BCUT2D eigenvalue weighted by Gasteiger charge is 2.45. The monoisotopic (exact) mass is 623 g/mol. The summed E-state index contributed by atoms with van der Waals surface area (Å²) in [5, 5.41) is 13.8. The fourth-order valence-corrected chi connectivity index (χ4v) is 8.06. The van der Waals surface area contributed by atoms with Crippen molar-refractivity contribution in [2.45, 2.75) is 79.1 Å². The third kappa shape index (κ3) is 6.93. The van der Waals surface area contributed by atoms with Crippen molar-refractivity contribution in [3.63, 3.8) is 0 Å². The van der Waals surface area contributed by atoms with Crippen LogP contribution >= 0.6 is 0 Å². The van der Waals surface area contributed by atoms with Gasteiger partial charge in [-0.15, -0.1) is 0 Å². The molecular weight excluding hydrogens is 582 g/mol. The second-order valence-electron chi connectivity index (χ2n) is 12.0. The molecule has 5 rings (SSSR count). The normalized spacial score (nSPS) is 22.8. The SMILES string of the molecule is CNS(=O)(=O)c1cccc(OC[C@@H](O)CNC2COC3(CCN(S(=O)(=O)c4ccc5c(c4)CCC(C)(C)O5)CC3)C2)c1. The number of aliphatic hydroxyl groups is 1. The lowest BCUT2D eigenvalue weighted by Crippen LogP contribution is -2.47. The standard InChI is InChI=1S/C29H41N3O8S2/c1-28(2)10-9-21-15-26(7-8-27(21)40-28)42(36,37)32-13-11-29(12-14-32)17-22(19-39-29)31-18-23(33)20-38-24-5-4-6-25(16-24)41(34,35)30-3/h4-8,15-16,22-23,30-31,33H,9-14,17-20H2,1-3H3/t22?,23-/m0/s1. The molecule has 2 saturated heterocycles. The van der Waals surface area contributed by atoms with E-state index in [0.717, 1.165) is 30.6 Å². The number of sulfonamides is 2. The van der Waals surface area contributed by atoms with Gasteiger partial charge in [0.25, 0.3) is 0 Å². The van der Waals surface area contributed by atoms with Gasteiger partial charge in [-0.05, 0) is 88.9 Å². The van der Waals surface area contributed by atoms with Crippen molar-refractivity contribution in [1.82, 2.24) is 14.3 Å². The van der Waals surface area contributed by atoms with E-state index < -0.39 is 26.2 Å². The molecule has 0 amide bonds. The number of aliphatic hydroxyl groups excluding tert-OH is 1. The minimum absolute atomic E-state index is 0.00578. The van der Waals surface area contributed by atoms with Gasteiger partial charge in [0.2, 0.25) is 20.0 Å². The molecule has 2 atom stereocenters. The third-order valence-corrected chi connectivity index (χ3v) is 11.7. The van der Waals surface area contributed by atoms with Gasteiger partial charge in [0, 0.05) is 31.7 Å². The number of hydrogen-bond donors (Lipinski definition) is 3. The van der Waals surface area contributed by atoms with Crippen LogP contribution < -0.4 is 19.5 Å². The molecular formula is C29H41N3O8S2. The molecule has 3 heterocycles. The number of piperidine rings is 1. The van der Waals surface area contributed by atoms with Crippen molar-refractivity contribution in [3.8, 4) is 11.5 Å². The van der Waals surface area contributed by atoms with E-state index in [2.05, 4.69) is 10.0 Å². The van der Waals surface area contributed by atoms with E-state index >= 15 is 0 Å². The Morgan fingerprint density at radius 1 is 1.07 bits per heavy atom. The predicted octanol–water partition coefficient (Wildman–Crippen LogP) is 2.04. The Labute approximate surface area is 248 Å². The lowest BCUT2D eigenvalue weighted by Gasteiger charge is -2.38. The van der Waals surface area contributed by atoms with Crippen molar-refractivity contribution in [2.24, 2.45) is 0 Å². The van der Waals surface area contributed by atoms with Gasteiger partial charge in [0.15, 0.2) is 0 Å². The second kappa shape index (κ2) is 12.0. The second-order valence-corrected chi connectivity index (χ2v) is 15.8. The number of aryl methyl sites for hydroxylation is 1. The van der Waals surface area contributed by atoms with E-state index in [1.54, 1.807) is 34.6 Å². The van der Waals surface area contributed by atoms with Gasteiger partial charge < -0.3 is 24.6 Å². The first-order valence-corrected chi connectivity index (χ1v) is 17.3. The molecule has 0 saturated carbocycles. The van der Waals surface area contributed by atoms with Crippen LogP contribution in [0.5, 0.6) is 11.5 Å². The van der Waals surface area contributed by atoms with Crippen LogP contribution in [0, 0.1) is 0 Å². The van der Waals surface area contributed by atoms with Crippen LogP contribution in [0.1, 0.15) is 45.1 Å². The molecule has 0 aliphatic carbocycles. The molecule has 3 N–H and O–H groups in total. The van der Waals surface area contributed by atoms with Crippen molar-refractivity contribution < 1.29 is 36.2 Å². The average Bonchev–Trinajstić information content (AvgIpc) is 3.36. The molecule has 2 aromatic rings. The molecule has 1 spiro atoms. The molecule has 0 radical (unpaired) electrons. The number of fused-ring (bicyclic) bond motifs is 1. The molecule has 0 bridgehead atoms. The van der Waals surface area contributed by atoms with E-state index in [1.165, 1.54) is 19.2 Å². The maximum atomic E-state index is 13.5. The first kappa shape index (κ1) is 31.2. The zero-order valence-corrected chi connectivity index (χ0v) is 26.0. The molecule has 3 aliphatic heterocycles. The van der Waals surface area contributed by atoms with Gasteiger partial charge in [0.1, 0.15) is 29.8 Å². The lowest BCUT2D eigenvalue weighted by molar-refractivity contribution is -0.0312. The van der Waals surface area contributed by atoms with E-state index in [9.17, 15) is 21.9 Å². The lowest BCUT2D eigenvalue weighted by atomic mass is 9.88. The molecule has 2 fully saturated rings. The van der Waals surface area contributed by atoms with Crippen LogP contribution in [-0.2, 0) is 31.2 Å². The number of benzene rings is 2. The minimum atomic E-state index is -3.62. The Hall–Kier alpha value is -2.26. The largest absolute Gasteiger partial charge is 0.491 e. The maximum absolute atomic E-state index is 13.5. The Balaban J connectivity index is 1.09. The van der Waals surface area contributed by atoms with Crippen LogP contribution in [0.25, 0.3) is 0 Å². The summed E-state index contributed by atoms with van der Waals surface area (Å²) in [7, 11) is -5.87. The third-order valence-electron chi connectivity index (χ3n) is 8.36. The summed E-state index contributed by atoms with van der Waals surface area (Å²) in [5.74, 6) is 1.11. The zero-order chi connectivity index (χ0) is 30.2. The number of nitrogens with zero attached hydrogens (tertiary/aromatic N) is 1. The summed E-state index contributed by atoms with van der Waals surface area (Å²) in [6.45, 7) is 5.59. The molecule has 3 aliphatic rings. The number of rotatable bonds is 10. The highest BCUT2D eigenvalue weighted by molar-refractivity contribution is 7.89. The van der Waals surface area contributed by atoms with Gasteiger partial charge in [-0.2, -0.15) is 4.31 Å². The van der Waals surface area contributed by atoms with E-state index in [1.807, 2.05) is 13.8 Å². The summed E-state index contributed by atoms with van der Waals surface area (Å²) in [4.78, 5) is 0.391. The van der Waals surface area contributed by atoms with E-state index in [-0.39, 0.29) is 35.3 Å². The van der Waals surface area contributed by atoms with Crippen LogP contribution in [0.2, 0.25) is 0 Å². The topological polar surface area (TPSA) is 144 Å². The molecule has 232 valence electrons. The van der Waals surface area contributed by atoms with Crippen LogP contribution in [0.15, 0.2) is 52.3 Å². The summed E-state index contributed by atoms with van der Waals surface area (Å²) in [6.07, 6.45) is 2.74. The summed E-state index contributed by atoms with van der Waals surface area (Å²) < 4.78 is 72.5. The smallest absolute Gasteiger partial charge is 0.243 e. The first-order valence-electron chi connectivity index (χ1n) is 14.3. The highest BCUT2D eigenvalue weighted by atomic mass is 32.2. The average molecular weight is 624 g/mol. The Kier molecular flexibility index (Phi) is 8.93. The van der Waals surface area contributed by atoms with Crippen molar-refractivity contribution in [1.29, 1.82) is 0 Å². The highest BCUT2D eigenvalue weighted by Crippen LogP contribution is 2.39. The Bertz CT molecular complexity index is 1490. The predicted molar refractivity (Wildman–Crippen MR) is 157 cm³/mol. The first-order chi connectivity index (χ1) is 19.8. The maximum Gasteiger partial charge on any atom is 0.243 e. The fraction of sp³-hybridized carbons (Fsp3) is 0.586. The van der Waals surface area contributed by atoms with Crippen LogP contribution in [0.3, 0.4) is 0 Å². The molecule has 2 aromatic carbocycles. The minimum Gasteiger partial charge on any atom is -0.491 e. The Morgan fingerprint density at radius 3 is 2.57 bits per heavy atom. The molecule has 0 aromatic heterocycles. The molecule has 42 heavy (non-hydrogen) atoms. The van der Waals surface area contributed by atoms with Gasteiger partial charge in [-0.25, -0.2) is 21.6 Å². The summed E-state index contributed by atoms with van der Waals surface area (Å²) in [5.41, 5.74) is 0.292. The van der Waals surface area contributed by atoms with Crippen LogP contribution in [0.4, 0.5) is 0 Å². The van der Waals surface area contributed by atoms with E-state index in [0.29, 0.717) is 43.2 Å². The molecule has 1 unspecified atom stereocenters. The van der Waals surface area contributed by atoms with E-state index in [4.69, 9.17) is 14.2 Å². The van der Waals surface area contributed by atoms with Crippen molar-refractivity contribution in [3.05, 3.63) is 48.0 Å². The zero-order valence-electron chi connectivity index (χ0n) is 24.3. The number of hydrogen-bond acceptors (Lipinski definition) is 9. The van der Waals surface area contributed by atoms with Gasteiger partial charge in [0.05, 0.1) is 22.0 Å². The van der Waals surface area contributed by atoms with Crippen molar-refractivity contribution in [2.75, 3.05) is 39.9 Å². The van der Waals surface area contributed by atoms with Gasteiger partial charge in [-0.3, -0.25) is 0 Å². The summed E-state index contributed by atoms with van der Waals surface area (Å²) in [6, 6.07) is 11.3. The number of nitrogens with one attached hydrogen (secondary N) is 2. The quantitative estimate of drug-likeness (QED) is 0.362. The Morgan fingerprint density at radius 2 is 1.83 bits per heavy atom. The number of ether oxygens (including phenoxy) is 3. The van der Waals surface area contributed by atoms with Crippen molar-refractivity contribution >= 4 is 20.0 Å². The van der Waals surface area contributed by atoms with Crippen LogP contribution in [-0.4, -0.2) is 89.5 Å².